The molecule has 4 heteroatoms. The Bertz CT molecular complexity index is 670. The van der Waals surface area contributed by atoms with Gasteiger partial charge in [0.1, 0.15) is 5.82 Å². The zero-order valence-electron chi connectivity index (χ0n) is 12.4. The van der Waals surface area contributed by atoms with Gasteiger partial charge in [0.05, 0.1) is 11.6 Å². The van der Waals surface area contributed by atoms with Crippen LogP contribution in [0.1, 0.15) is 34.5 Å². The molecule has 110 valence electrons. The van der Waals surface area contributed by atoms with E-state index in [-0.39, 0.29) is 17.5 Å². The third kappa shape index (κ3) is 3.05. The zero-order chi connectivity index (χ0) is 15.6. The largest absolute Gasteiger partial charge is 0.399 e. The number of halogens is 1. The van der Waals surface area contributed by atoms with Crippen molar-refractivity contribution in [2.24, 2.45) is 0 Å². The molecule has 2 aromatic rings. The SMILES string of the molecule is Cc1cccc(C(=O)N(C)C(C)c2cccc(N)c2)c1F. The second-order valence-corrected chi connectivity index (χ2v) is 5.20. The summed E-state index contributed by atoms with van der Waals surface area (Å²) in [7, 11) is 1.66. The van der Waals surface area contributed by atoms with Gasteiger partial charge in [-0.25, -0.2) is 4.39 Å². The van der Waals surface area contributed by atoms with Gasteiger partial charge < -0.3 is 10.6 Å². The number of hydrogen-bond acceptors (Lipinski definition) is 2. The third-order valence-corrected chi connectivity index (χ3v) is 3.72. The first-order valence-corrected chi connectivity index (χ1v) is 6.79. The average Bonchev–Trinajstić information content (AvgIpc) is 2.48. The minimum atomic E-state index is -0.464. The van der Waals surface area contributed by atoms with Gasteiger partial charge in [-0.05, 0) is 43.2 Å². The summed E-state index contributed by atoms with van der Waals surface area (Å²) in [6.07, 6.45) is 0. The van der Waals surface area contributed by atoms with Crippen molar-refractivity contribution in [3.05, 3.63) is 65.0 Å². The van der Waals surface area contributed by atoms with Crippen LogP contribution in [0.25, 0.3) is 0 Å². The van der Waals surface area contributed by atoms with Crippen LogP contribution in [0, 0.1) is 12.7 Å². The molecule has 0 aliphatic heterocycles. The maximum Gasteiger partial charge on any atom is 0.257 e. The first-order valence-electron chi connectivity index (χ1n) is 6.79. The molecule has 2 N–H and O–H groups in total. The highest BCUT2D eigenvalue weighted by molar-refractivity contribution is 5.94. The van der Waals surface area contributed by atoms with Crippen molar-refractivity contribution in [1.29, 1.82) is 0 Å². The number of carbonyl (C=O) groups is 1. The molecule has 0 radical (unpaired) electrons. The molecule has 1 atom stereocenters. The lowest BCUT2D eigenvalue weighted by molar-refractivity contribution is 0.0737. The molecule has 21 heavy (non-hydrogen) atoms. The number of anilines is 1. The maximum absolute atomic E-state index is 14.1. The lowest BCUT2D eigenvalue weighted by Crippen LogP contribution is -2.30. The Kier molecular flexibility index (Phi) is 4.26. The number of hydrogen-bond donors (Lipinski definition) is 1. The number of nitrogens with two attached hydrogens (primary N) is 1. The summed E-state index contributed by atoms with van der Waals surface area (Å²) >= 11 is 0. The summed E-state index contributed by atoms with van der Waals surface area (Å²) in [5, 5.41) is 0. The van der Waals surface area contributed by atoms with Crippen LogP contribution in [0.2, 0.25) is 0 Å². The molecule has 0 aliphatic rings. The first-order chi connectivity index (χ1) is 9.91. The predicted molar refractivity (Wildman–Crippen MR) is 82.5 cm³/mol. The van der Waals surface area contributed by atoms with Crippen LogP contribution in [0.15, 0.2) is 42.5 Å². The van der Waals surface area contributed by atoms with Gasteiger partial charge in [0, 0.05) is 12.7 Å². The predicted octanol–water partition coefficient (Wildman–Crippen LogP) is 3.55. The van der Waals surface area contributed by atoms with Gasteiger partial charge >= 0.3 is 0 Å². The molecule has 0 heterocycles. The fourth-order valence-electron chi connectivity index (χ4n) is 2.22. The monoisotopic (exact) mass is 286 g/mol. The minimum Gasteiger partial charge on any atom is -0.399 e. The molecular formula is C17H19FN2O. The highest BCUT2D eigenvalue weighted by Crippen LogP contribution is 2.23. The van der Waals surface area contributed by atoms with Gasteiger partial charge in [-0.1, -0.05) is 24.3 Å². The molecule has 0 spiro atoms. The highest BCUT2D eigenvalue weighted by atomic mass is 19.1. The van der Waals surface area contributed by atoms with Crippen LogP contribution >= 0.6 is 0 Å². The normalized spacial score (nSPS) is 12.0. The standard InChI is InChI=1S/C17H19FN2O/c1-11-6-4-9-15(16(11)18)17(21)20(3)12(2)13-7-5-8-14(19)10-13/h4-10,12H,19H2,1-3H3. The molecule has 1 amide bonds. The first kappa shape index (κ1) is 15.0. The smallest absolute Gasteiger partial charge is 0.257 e. The zero-order valence-corrected chi connectivity index (χ0v) is 12.4. The van der Waals surface area contributed by atoms with Crippen LogP contribution in [0.5, 0.6) is 0 Å². The molecule has 2 rings (SSSR count). The molecule has 1 unspecified atom stereocenters. The van der Waals surface area contributed by atoms with Gasteiger partial charge in [0.15, 0.2) is 0 Å². The molecule has 0 aromatic heterocycles. The van der Waals surface area contributed by atoms with E-state index in [1.54, 1.807) is 32.2 Å². The number of amides is 1. The van der Waals surface area contributed by atoms with E-state index in [0.29, 0.717) is 11.3 Å². The van der Waals surface area contributed by atoms with Crippen molar-refractivity contribution in [2.75, 3.05) is 12.8 Å². The Morgan fingerprint density at radius 2 is 1.90 bits per heavy atom. The third-order valence-electron chi connectivity index (χ3n) is 3.72. The number of nitrogen functional groups attached to an aromatic ring is 1. The van der Waals surface area contributed by atoms with Crippen molar-refractivity contribution < 1.29 is 9.18 Å². The fraction of sp³-hybridized carbons (Fsp3) is 0.235. The molecule has 0 fully saturated rings. The summed E-state index contributed by atoms with van der Waals surface area (Å²) in [5.41, 5.74) is 7.88. The maximum atomic E-state index is 14.1. The number of benzene rings is 2. The summed E-state index contributed by atoms with van der Waals surface area (Å²) < 4.78 is 14.1. The topological polar surface area (TPSA) is 46.3 Å². The highest BCUT2D eigenvalue weighted by Gasteiger charge is 2.22. The molecule has 0 saturated carbocycles. The fourth-order valence-corrected chi connectivity index (χ4v) is 2.22. The van der Waals surface area contributed by atoms with Crippen molar-refractivity contribution >= 4 is 11.6 Å². The molecule has 3 nitrogen and oxygen atoms in total. The number of carbonyl (C=O) groups excluding carboxylic acids is 1. The molecule has 2 aromatic carbocycles. The van der Waals surface area contributed by atoms with Crippen LogP contribution in [0.3, 0.4) is 0 Å². The van der Waals surface area contributed by atoms with E-state index in [1.165, 1.54) is 11.0 Å². The van der Waals surface area contributed by atoms with Crippen LogP contribution < -0.4 is 5.73 Å². The van der Waals surface area contributed by atoms with E-state index < -0.39 is 5.82 Å². The van der Waals surface area contributed by atoms with Gasteiger partial charge in [-0.2, -0.15) is 0 Å². The van der Waals surface area contributed by atoms with Crippen molar-refractivity contribution in [1.82, 2.24) is 4.90 Å². The Labute approximate surface area is 124 Å². The summed E-state index contributed by atoms with van der Waals surface area (Å²) in [4.78, 5) is 14.0. The van der Waals surface area contributed by atoms with E-state index in [4.69, 9.17) is 5.73 Å². The number of rotatable bonds is 3. The quantitative estimate of drug-likeness (QED) is 0.877. The molecule has 0 aliphatic carbocycles. The summed E-state index contributed by atoms with van der Waals surface area (Å²) in [5.74, 6) is -0.805. The van der Waals surface area contributed by atoms with E-state index in [1.807, 2.05) is 25.1 Å². The summed E-state index contributed by atoms with van der Waals surface area (Å²) in [6, 6.07) is 12.0. The second kappa shape index (κ2) is 5.95. The van der Waals surface area contributed by atoms with Crippen LogP contribution in [0.4, 0.5) is 10.1 Å². The Balaban J connectivity index is 2.29. The van der Waals surface area contributed by atoms with Gasteiger partial charge in [-0.3, -0.25) is 4.79 Å². The van der Waals surface area contributed by atoms with E-state index >= 15 is 0 Å². The molecular weight excluding hydrogens is 267 g/mol. The van der Waals surface area contributed by atoms with Gasteiger partial charge in [-0.15, -0.1) is 0 Å². The number of nitrogens with zero attached hydrogens (tertiary/aromatic N) is 1. The second-order valence-electron chi connectivity index (χ2n) is 5.20. The van der Waals surface area contributed by atoms with Crippen molar-refractivity contribution in [3.63, 3.8) is 0 Å². The lowest BCUT2D eigenvalue weighted by atomic mass is 10.0. The van der Waals surface area contributed by atoms with E-state index in [9.17, 15) is 9.18 Å². The molecule has 0 bridgehead atoms. The van der Waals surface area contributed by atoms with Gasteiger partial charge in [0.25, 0.3) is 5.91 Å². The minimum absolute atomic E-state index is 0.0910. The van der Waals surface area contributed by atoms with Crippen LogP contribution in [-0.4, -0.2) is 17.9 Å². The van der Waals surface area contributed by atoms with Crippen molar-refractivity contribution in [3.8, 4) is 0 Å². The Morgan fingerprint density at radius 1 is 1.24 bits per heavy atom. The van der Waals surface area contributed by atoms with Crippen LogP contribution in [-0.2, 0) is 0 Å². The Hall–Kier alpha value is -2.36. The lowest BCUT2D eigenvalue weighted by Gasteiger charge is -2.26. The molecule has 0 saturated heterocycles. The van der Waals surface area contributed by atoms with E-state index in [2.05, 4.69) is 0 Å². The van der Waals surface area contributed by atoms with Gasteiger partial charge in [0.2, 0.25) is 0 Å². The average molecular weight is 286 g/mol. The summed E-state index contributed by atoms with van der Waals surface area (Å²) in [6.45, 7) is 3.54. The van der Waals surface area contributed by atoms with Crippen molar-refractivity contribution in [2.45, 2.75) is 19.9 Å². The number of aryl methyl sites for hydroxylation is 1. The Morgan fingerprint density at radius 3 is 2.57 bits per heavy atom. The van der Waals surface area contributed by atoms with E-state index in [0.717, 1.165) is 5.56 Å².